The van der Waals surface area contributed by atoms with Gasteiger partial charge in [-0.25, -0.2) is 0 Å². The van der Waals surface area contributed by atoms with Gasteiger partial charge >= 0.3 is 0 Å². The molecule has 1 aliphatic rings. The first kappa shape index (κ1) is 10.0. The smallest absolute Gasteiger partial charge is 0.0205 e. The number of hydrogen-bond acceptors (Lipinski definition) is 2. The summed E-state index contributed by atoms with van der Waals surface area (Å²) in [6.45, 7) is 11.7. The lowest BCUT2D eigenvalue weighted by Gasteiger charge is -2.43. The third kappa shape index (κ3) is 1.99. The van der Waals surface area contributed by atoms with Crippen LogP contribution in [-0.4, -0.2) is 36.6 Å². The van der Waals surface area contributed by atoms with Gasteiger partial charge in [-0.2, -0.15) is 0 Å². The Balaban J connectivity index is 2.53. The minimum atomic E-state index is 0.467. The molecule has 1 heterocycles. The van der Waals surface area contributed by atoms with Crippen LogP contribution in [0.3, 0.4) is 0 Å². The van der Waals surface area contributed by atoms with Crippen LogP contribution in [0.4, 0.5) is 0 Å². The Hall–Kier alpha value is -0.0800. The highest BCUT2D eigenvalue weighted by atomic mass is 15.2. The van der Waals surface area contributed by atoms with Crippen molar-refractivity contribution in [1.82, 2.24) is 10.2 Å². The van der Waals surface area contributed by atoms with Gasteiger partial charge < -0.3 is 5.32 Å². The topological polar surface area (TPSA) is 15.3 Å². The maximum Gasteiger partial charge on any atom is 0.0205 e. The van der Waals surface area contributed by atoms with Crippen LogP contribution in [0.2, 0.25) is 0 Å². The first-order valence-corrected chi connectivity index (χ1v) is 5.18. The molecule has 0 saturated carbocycles. The molecule has 12 heavy (non-hydrogen) atoms. The molecular weight excluding hydrogens is 148 g/mol. The summed E-state index contributed by atoms with van der Waals surface area (Å²) in [6.07, 6.45) is 2.60. The van der Waals surface area contributed by atoms with E-state index in [-0.39, 0.29) is 0 Å². The average molecular weight is 170 g/mol. The first-order chi connectivity index (χ1) is 5.73. The highest BCUT2D eigenvalue weighted by molar-refractivity contribution is 4.89. The number of nitrogens with one attached hydrogen (secondary N) is 1. The fourth-order valence-electron chi connectivity index (χ4n) is 2.27. The number of hydrogen-bond donors (Lipinski definition) is 1. The maximum atomic E-state index is 3.42. The standard InChI is InChI=1S/C10H22N2/c1-4-12(5-2)10(3)6-8-11-9-7-10/h11H,4-9H2,1-3H3. The van der Waals surface area contributed by atoms with Crippen molar-refractivity contribution in [1.29, 1.82) is 0 Å². The highest BCUT2D eigenvalue weighted by Crippen LogP contribution is 2.24. The van der Waals surface area contributed by atoms with Crippen molar-refractivity contribution in [2.24, 2.45) is 0 Å². The molecule has 0 amide bonds. The number of rotatable bonds is 3. The van der Waals surface area contributed by atoms with Gasteiger partial charge in [-0.05, 0) is 45.9 Å². The molecule has 0 radical (unpaired) electrons. The molecule has 1 rings (SSSR count). The van der Waals surface area contributed by atoms with Gasteiger partial charge in [0, 0.05) is 5.54 Å². The third-order valence-electron chi connectivity index (χ3n) is 3.21. The largest absolute Gasteiger partial charge is 0.317 e. The zero-order valence-electron chi connectivity index (χ0n) is 8.69. The average Bonchev–Trinajstić information content (AvgIpc) is 2.07. The van der Waals surface area contributed by atoms with E-state index in [1.807, 2.05) is 0 Å². The van der Waals surface area contributed by atoms with E-state index in [0.717, 1.165) is 0 Å². The number of piperidine rings is 1. The van der Waals surface area contributed by atoms with Crippen LogP contribution in [0.25, 0.3) is 0 Å². The van der Waals surface area contributed by atoms with E-state index < -0.39 is 0 Å². The lowest BCUT2D eigenvalue weighted by Crippen LogP contribution is -2.52. The summed E-state index contributed by atoms with van der Waals surface area (Å²) in [5, 5.41) is 3.42. The SMILES string of the molecule is CCN(CC)C1(C)CCNCC1. The summed E-state index contributed by atoms with van der Waals surface area (Å²) < 4.78 is 0. The van der Waals surface area contributed by atoms with E-state index in [1.54, 1.807) is 0 Å². The van der Waals surface area contributed by atoms with Crippen molar-refractivity contribution in [2.45, 2.75) is 39.2 Å². The molecule has 0 unspecified atom stereocenters. The molecular formula is C10H22N2. The summed E-state index contributed by atoms with van der Waals surface area (Å²) in [6, 6.07) is 0. The second-order valence-electron chi connectivity index (χ2n) is 3.92. The predicted molar refractivity (Wildman–Crippen MR) is 53.4 cm³/mol. The van der Waals surface area contributed by atoms with Gasteiger partial charge in [0.25, 0.3) is 0 Å². The van der Waals surface area contributed by atoms with E-state index in [0.29, 0.717) is 5.54 Å². The van der Waals surface area contributed by atoms with Crippen molar-refractivity contribution >= 4 is 0 Å². The summed E-state index contributed by atoms with van der Waals surface area (Å²) in [5.41, 5.74) is 0.467. The summed E-state index contributed by atoms with van der Waals surface area (Å²) in [5.74, 6) is 0. The Morgan fingerprint density at radius 2 is 1.67 bits per heavy atom. The quantitative estimate of drug-likeness (QED) is 0.690. The van der Waals surface area contributed by atoms with Crippen LogP contribution in [0.5, 0.6) is 0 Å². The van der Waals surface area contributed by atoms with Gasteiger partial charge in [0.15, 0.2) is 0 Å². The summed E-state index contributed by atoms with van der Waals surface area (Å²) in [4.78, 5) is 2.59. The highest BCUT2D eigenvalue weighted by Gasteiger charge is 2.30. The fraction of sp³-hybridized carbons (Fsp3) is 1.00. The lowest BCUT2D eigenvalue weighted by atomic mass is 9.88. The van der Waals surface area contributed by atoms with E-state index >= 15 is 0 Å². The molecule has 72 valence electrons. The van der Waals surface area contributed by atoms with Gasteiger partial charge in [-0.1, -0.05) is 13.8 Å². The molecule has 0 aromatic heterocycles. The Bertz CT molecular complexity index is 124. The summed E-state index contributed by atoms with van der Waals surface area (Å²) >= 11 is 0. The first-order valence-electron chi connectivity index (χ1n) is 5.18. The Morgan fingerprint density at radius 3 is 2.08 bits per heavy atom. The van der Waals surface area contributed by atoms with Crippen molar-refractivity contribution in [2.75, 3.05) is 26.2 Å². The molecule has 0 spiro atoms. The second-order valence-corrected chi connectivity index (χ2v) is 3.92. The van der Waals surface area contributed by atoms with Crippen LogP contribution in [0.15, 0.2) is 0 Å². The van der Waals surface area contributed by atoms with Crippen LogP contribution in [0.1, 0.15) is 33.6 Å². The monoisotopic (exact) mass is 170 g/mol. The van der Waals surface area contributed by atoms with Crippen molar-refractivity contribution in [3.05, 3.63) is 0 Å². The Kier molecular flexibility index (Phi) is 3.53. The van der Waals surface area contributed by atoms with Gasteiger partial charge in [-0.15, -0.1) is 0 Å². The van der Waals surface area contributed by atoms with Crippen LogP contribution in [0, 0.1) is 0 Å². The van der Waals surface area contributed by atoms with Crippen LogP contribution >= 0.6 is 0 Å². The van der Waals surface area contributed by atoms with Crippen molar-refractivity contribution < 1.29 is 0 Å². The summed E-state index contributed by atoms with van der Waals surface area (Å²) in [7, 11) is 0. The molecule has 2 heteroatoms. The van der Waals surface area contributed by atoms with Gasteiger partial charge in [0.2, 0.25) is 0 Å². The van der Waals surface area contributed by atoms with E-state index in [1.165, 1.54) is 39.0 Å². The molecule has 1 fully saturated rings. The molecule has 0 aromatic rings. The second kappa shape index (κ2) is 4.24. The van der Waals surface area contributed by atoms with Crippen molar-refractivity contribution in [3.8, 4) is 0 Å². The lowest BCUT2D eigenvalue weighted by molar-refractivity contribution is 0.0834. The van der Waals surface area contributed by atoms with Crippen molar-refractivity contribution in [3.63, 3.8) is 0 Å². The number of nitrogens with zero attached hydrogens (tertiary/aromatic N) is 1. The normalized spacial score (nSPS) is 23.0. The third-order valence-corrected chi connectivity index (χ3v) is 3.21. The molecule has 1 N–H and O–H groups in total. The molecule has 0 bridgehead atoms. The molecule has 1 saturated heterocycles. The Labute approximate surface area is 76.3 Å². The maximum absolute atomic E-state index is 3.42. The van der Waals surface area contributed by atoms with Gasteiger partial charge in [0.05, 0.1) is 0 Å². The van der Waals surface area contributed by atoms with Gasteiger partial charge in [-0.3, -0.25) is 4.90 Å². The van der Waals surface area contributed by atoms with Crippen LogP contribution in [-0.2, 0) is 0 Å². The Morgan fingerprint density at radius 1 is 1.17 bits per heavy atom. The molecule has 0 aliphatic carbocycles. The van der Waals surface area contributed by atoms with Crippen LogP contribution < -0.4 is 5.32 Å². The zero-order chi connectivity index (χ0) is 9.03. The van der Waals surface area contributed by atoms with Gasteiger partial charge in [0.1, 0.15) is 0 Å². The minimum absolute atomic E-state index is 0.467. The molecule has 0 aromatic carbocycles. The van der Waals surface area contributed by atoms with E-state index in [9.17, 15) is 0 Å². The fourth-order valence-corrected chi connectivity index (χ4v) is 2.27. The predicted octanol–water partition coefficient (Wildman–Crippen LogP) is 1.47. The zero-order valence-corrected chi connectivity index (χ0v) is 8.69. The van der Waals surface area contributed by atoms with E-state index in [4.69, 9.17) is 0 Å². The minimum Gasteiger partial charge on any atom is -0.317 e. The molecule has 1 aliphatic heterocycles. The molecule has 2 nitrogen and oxygen atoms in total. The van der Waals surface area contributed by atoms with E-state index in [2.05, 4.69) is 31.0 Å². The molecule has 0 atom stereocenters.